The fraction of sp³-hybridized carbons (Fsp3) is 0.368. The van der Waals surface area contributed by atoms with Crippen LogP contribution >= 0.6 is 35.3 Å². The number of guanidine groups is 1. The van der Waals surface area contributed by atoms with Crippen LogP contribution in [-0.2, 0) is 19.5 Å². The first-order valence-corrected chi connectivity index (χ1v) is 9.47. The Kier molecular flexibility index (Phi) is 8.37. The molecule has 140 valence electrons. The van der Waals surface area contributed by atoms with Crippen molar-refractivity contribution in [1.82, 2.24) is 15.6 Å². The Bertz CT molecular complexity index is 731. The first kappa shape index (κ1) is 20.7. The Hall–Kier alpha value is -1.61. The summed E-state index contributed by atoms with van der Waals surface area (Å²) in [6, 6.07) is 8.70. The number of nitrogens with zero attached hydrogens (tertiary/aromatic N) is 3. The largest absolute Gasteiger partial charge is 0.364 e. The van der Waals surface area contributed by atoms with Crippen molar-refractivity contribution in [3.05, 3.63) is 58.1 Å². The molecule has 5 nitrogen and oxygen atoms in total. The number of hydrogen-bond donors (Lipinski definition) is 2. The Morgan fingerprint density at radius 2 is 1.85 bits per heavy atom. The molecule has 0 amide bonds. The van der Waals surface area contributed by atoms with Crippen molar-refractivity contribution < 1.29 is 0 Å². The number of aliphatic imine (C=N–C) groups is 1. The van der Waals surface area contributed by atoms with Crippen LogP contribution in [-0.4, -0.2) is 31.1 Å². The van der Waals surface area contributed by atoms with Crippen LogP contribution < -0.4 is 15.5 Å². The van der Waals surface area contributed by atoms with Gasteiger partial charge in [0.1, 0.15) is 5.01 Å². The summed E-state index contributed by atoms with van der Waals surface area (Å²) in [5.41, 5.74) is 2.51. The van der Waals surface area contributed by atoms with Gasteiger partial charge in [-0.3, -0.25) is 4.99 Å². The molecule has 0 aliphatic carbocycles. The van der Waals surface area contributed by atoms with Crippen molar-refractivity contribution in [1.29, 1.82) is 0 Å². The Morgan fingerprint density at radius 3 is 2.46 bits per heavy atom. The summed E-state index contributed by atoms with van der Waals surface area (Å²) in [5.74, 6) is 0.793. The highest BCUT2D eigenvalue weighted by Crippen LogP contribution is 2.17. The lowest BCUT2D eigenvalue weighted by Gasteiger charge is -2.18. The highest BCUT2D eigenvalue weighted by molar-refractivity contribution is 14.0. The fourth-order valence-electron chi connectivity index (χ4n) is 2.67. The van der Waals surface area contributed by atoms with Gasteiger partial charge in [-0.15, -0.1) is 35.3 Å². The number of rotatable bonds is 6. The second-order valence-electron chi connectivity index (χ2n) is 5.90. The van der Waals surface area contributed by atoms with E-state index in [0.29, 0.717) is 6.54 Å². The molecule has 1 aromatic heterocycles. The van der Waals surface area contributed by atoms with Crippen molar-refractivity contribution in [3.8, 4) is 0 Å². The highest BCUT2D eigenvalue weighted by Gasteiger charge is 2.07. The van der Waals surface area contributed by atoms with Crippen LogP contribution in [0.3, 0.4) is 0 Å². The lowest BCUT2D eigenvalue weighted by Crippen LogP contribution is -2.36. The number of aryl methyl sites for hydroxylation is 1. The third-order valence-corrected chi connectivity index (χ3v) is 5.30. The standard InChI is InChI=1S/C19H25N5S.HI/c1-3-17-13-21-18(25-17)14-23-19(20-2)22-12-15-6-8-16(9-7-15)24-10-4-5-11-24;/h4-9,13H,3,10-12,14H2,1-2H3,(H2,20,22,23);1H. The maximum Gasteiger partial charge on any atom is 0.191 e. The van der Waals surface area contributed by atoms with Gasteiger partial charge in [0.25, 0.3) is 0 Å². The van der Waals surface area contributed by atoms with Gasteiger partial charge in [-0.1, -0.05) is 31.2 Å². The summed E-state index contributed by atoms with van der Waals surface area (Å²) < 4.78 is 0. The zero-order valence-corrected chi connectivity index (χ0v) is 18.4. The minimum atomic E-state index is 0. The van der Waals surface area contributed by atoms with Gasteiger partial charge in [0, 0.05) is 43.4 Å². The summed E-state index contributed by atoms with van der Waals surface area (Å²) in [5, 5.41) is 7.76. The zero-order valence-electron chi connectivity index (χ0n) is 15.2. The van der Waals surface area contributed by atoms with Crippen molar-refractivity contribution in [2.45, 2.75) is 26.4 Å². The average Bonchev–Trinajstić information content (AvgIpc) is 3.34. The predicted octanol–water partition coefficient (Wildman–Crippen LogP) is 3.56. The molecule has 2 N–H and O–H groups in total. The van der Waals surface area contributed by atoms with Gasteiger partial charge in [0.2, 0.25) is 0 Å². The first-order chi connectivity index (χ1) is 12.3. The van der Waals surface area contributed by atoms with Crippen molar-refractivity contribution in [2.24, 2.45) is 4.99 Å². The van der Waals surface area contributed by atoms with Crippen molar-refractivity contribution >= 4 is 47.0 Å². The zero-order chi connectivity index (χ0) is 17.5. The number of aromatic nitrogens is 1. The van der Waals surface area contributed by atoms with E-state index in [1.807, 2.05) is 6.20 Å². The summed E-state index contributed by atoms with van der Waals surface area (Å²) in [6.07, 6.45) is 7.40. The van der Waals surface area contributed by atoms with E-state index in [-0.39, 0.29) is 24.0 Å². The molecule has 7 heteroatoms. The molecule has 0 spiro atoms. The number of nitrogens with one attached hydrogen (secondary N) is 2. The van der Waals surface area contributed by atoms with E-state index >= 15 is 0 Å². The molecule has 1 aliphatic heterocycles. The lowest BCUT2D eigenvalue weighted by atomic mass is 10.2. The molecule has 1 aliphatic rings. The quantitative estimate of drug-likeness (QED) is 0.286. The summed E-state index contributed by atoms with van der Waals surface area (Å²) in [6.45, 7) is 5.60. The van der Waals surface area contributed by atoms with Gasteiger partial charge in [-0.25, -0.2) is 4.98 Å². The molecule has 0 saturated carbocycles. The van der Waals surface area contributed by atoms with Crippen molar-refractivity contribution in [3.63, 3.8) is 0 Å². The molecule has 26 heavy (non-hydrogen) atoms. The second-order valence-corrected chi connectivity index (χ2v) is 7.10. The van der Waals surface area contributed by atoms with E-state index in [1.165, 1.54) is 16.1 Å². The predicted molar refractivity (Wildman–Crippen MR) is 122 cm³/mol. The van der Waals surface area contributed by atoms with Crippen LogP contribution in [0.5, 0.6) is 0 Å². The van der Waals surface area contributed by atoms with Gasteiger partial charge < -0.3 is 15.5 Å². The molecule has 2 heterocycles. The maximum absolute atomic E-state index is 4.42. The molecule has 0 bridgehead atoms. The topological polar surface area (TPSA) is 52.6 Å². The molecule has 0 unspecified atom stereocenters. The molecule has 1 aromatic carbocycles. The van der Waals surface area contributed by atoms with Gasteiger partial charge in [0.15, 0.2) is 5.96 Å². The third kappa shape index (κ3) is 5.70. The number of hydrogen-bond acceptors (Lipinski definition) is 4. The summed E-state index contributed by atoms with van der Waals surface area (Å²) >= 11 is 1.75. The minimum Gasteiger partial charge on any atom is -0.364 e. The molecule has 0 atom stereocenters. The summed E-state index contributed by atoms with van der Waals surface area (Å²) in [7, 11) is 1.79. The minimum absolute atomic E-state index is 0. The highest BCUT2D eigenvalue weighted by atomic mass is 127. The molecule has 2 aromatic rings. The van der Waals surface area contributed by atoms with Crippen LogP contribution in [0.25, 0.3) is 0 Å². The molecular formula is C19H26IN5S. The normalized spacial score (nSPS) is 13.6. The molecule has 0 fully saturated rings. The van der Waals surface area contributed by atoms with E-state index in [0.717, 1.165) is 37.0 Å². The smallest absolute Gasteiger partial charge is 0.191 e. The number of anilines is 1. The van der Waals surface area contributed by atoms with Gasteiger partial charge in [-0.2, -0.15) is 0 Å². The number of benzene rings is 1. The second kappa shape index (κ2) is 10.5. The molecule has 0 saturated heterocycles. The molecule has 3 rings (SSSR count). The van der Waals surface area contributed by atoms with E-state index in [1.54, 1.807) is 18.4 Å². The van der Waals surface area contributed by atoms with Crippen LogP contribution in [0, 0.1) is 0 Å². The monoisotopic (exact) mass is 483 g/mol. The maximum atomic E-state index is 4.42. The number of thiazole rings is 1. The first-order valence-electron chi connectivity index (χ1n) is 8.65. The van der Waals surface area contributed by atoms with Crippen LogP contribution in [0.2, 0.25) is 0 Å². The lowest BCUT2D eigenvalue weighted by molar-refractivity contribution is 0.805. The van der Waals surface area contributed by atoms with Gasteiger partial charge in [0.05, 0.1) is 6.54 Å². The Labute approximate surface area is 176 Å². The van der Waals surface area contributed by atoms with E-state index < -0.39 is 0 Å². The third-order valence-electron chi connectivity index (χ3n) is 4.16. The van der Waals surface area contributed by atoms with Crippen LogP contribution in [0.4, 0.5) is 5.69 Å². The van der Waals surface area contributed by atoms with E-state index in [4.69, 9.17) is 0 Å². The SMILES string of the molecule is CCc1cnc(CNC(=NC)NCc2ccc(N3CC=CC3)cc2)s1.I. The number of halogens is 1. The van der Waals surface area contributed by atoms with Crippen LogP contribution in [0.15, 0.2) is 47.6 Å². The van der Waals surface area contributed by atoms with E-state index in [9.17, 15) is 0 Å². The summed E-state index contributed by atoms with van der Waals surface area (Å²) in [4.78, 5) is 12.4. The van der Waals surface area contributed by atoms with Gasteiger partial charge in [-0.05, 0) is 24.1 Å². The van der Waals surface area contributed by atoms with E-state index in [2.05, 4.69) is 68.9 Å². The Morgan fingerprint density at radius 1 is 1.15 bits per heavy atom. The van der Waals surface area contributed by atoms with Gasteiger partial charge >= 0.3 is 0 Å². The molecular weight excluding hydrogens is 457 g/mol. The average molecular weight is 483 g/mol. The molecule has 0 radical (unpaired) electrons. The van der Waals surface area contributed by atoms with Crippen LogP contribution in [0.1, 0.15) is 22.4 Å². The Balaban J connectivity index is 0.00000243. The van der Waals surface area contributed by atoms with Crippen molar-refractivity contribution in [2.75, 3.05) is 25.0 Å². The fourth-order valence-corrected chi connectivity index (χ4v) is 3.47.